The molecule has 3 aromatic heterocycles. The number of benzene rings is 2. The van der Waals surface area contributed by atoms with E-state index in [0.717, 1.165) is 32.9 Å². The van der Waals surface area contributed by atoms with Crippen LogP contribution < -0.4 is 21.7 Å². The number of aromatic amines is 3. The van der Waals surface area contributed by atoms with Gasteiger partial charge in [0.05, 0.1) is 12.4 Å². The van der Waals surface area contributed by atoms with Crippen LogP contribution in [0, 0.1) is 0 Å². The van der Waals surface area contributed by atoms with Crippen LogP contribution in [0.3, 0.4) is 0 Å². The number of carbonyl (C=O) groups is 4. The van der Waals surface area contributed by atoms with E-state index in [1.54, 1.807) is 18.6 Å². The molecule has 0 spiro atoms. The molecule has 9 N–H and O–H groups in total. The Kier molecular flexibility index (Phi) is 11.0. The molecule has 3 heterocycles. The zero-order valence-electron chi connectivity index (χ0n) is 25.8. The van der Waals surface area contributed by atoms with Gasteiger partial charge in [0.15, 0.2) is 0 Å². The van der Waals surface area contributed by atoms with E-state index in [-0.39, 0.29) is 25.7 Å². The van der Waals surface area contributed by atoms with Crippen LogP contribution in [-0.4, -0.2) is 84.9 Å². The Hall–Kier alpha value is -5.08. The summed E-state index contributed by atoms with van der Waals surface area (Å²) in [5, 5.41) is 20.0. The zero-order chi connectivity index (χ0) is 33.3. The van der Waals surface area contributed by atoms with Crippen LogP contribution in [0.2, 0.25) is 0 Å². The molecule has 0 fully saturated rings. The lowest BCUT2D eigenvalue weighted by Crippen LogP contribution is -2.58. The van der Waals surface area contributed by atoms with E-state index in [2.05, 4.69) is 35.9 Å². The van der Waals surface area contributed by atoms with Crippen molar-refractivity contribution in [2.24, 2.45) is 5.73 Å². The Bertz CT molecular complexity index is 1830. The molecular weight excluding hydrogens is 620 g/mol. The molecule has 0 aliphatic heterocycles. The highest BCUT2D eigenvalue weighted by Crippen LogP contribution is 2.21. The number of H-pyrrole nitrogens is 3. The molecule has 47 heavy (non-hydrogen) atoms. The zero-order valence-corrected chi connectivity index (χ0v) is 26.6. The summed E-state index contributed by atoms with van der Waals surface area (Å²) < 4.78 is 0. The lowest BCUT2D eigenvalue weighted by molar-refractivity contribution is -0.142. The van der Waals surface area contributed by atoms with E-state index < -0.39 is 47.9 Å². The number of carboxylic acid groups (broad SMARTS) is 1. The average Bonchev–Trinajstić information content (AvgIpc) is 3.83. The summed E-state index contributed by atoms with van der Waals surface area (Å²) in [4.78, 5) is 66.1. The molecule has 0 radical (unpaired) electrons. The number of amides is 3. The molecule has 0 saturated heterocycles. The summed E-state index contributed by atoms with van der Waals surface area (Å²) in [5.41, 5.74) is 10.1. The van der Waals surface area contributed by atoms with Gasteiger partial charge in [-0.15, -0.1) is 0 Å². The van der Waals surface area contributed by atoms with Gasteiger partial charge < -0.3 is 41.7 Å². The summed E-state index contributed by atoms with van der Waals surface area (Å²) in [5.74, 6) is -2.45. The highest BCUT2D eigenvalue weighted by atomic mass is 32.2. The van der Waals surface area contributed by atoms with Crippen molar-refractivity contribution in [2.75, 3.05) is 12.0 Å². The summed E-state index contributed by atoms with van der Waals surface area (Å²) in [6, 6.07) is 10.7. The van der Waals surface area contributed by atoms with Crippen LogP contribution >= 0.6 is 11.8 Å². The van der Waals surface area contributed by atoms with Crippen molar-refractivity contribution in [1.82, 2.24) is 35.9 Å². The van der Waals surface area contributed by atoms with Gasteiger partial charge in [-0.2, -0.15) is 11.8 Å². The molecule has 13 nitrogen and oxygen atoms in total. The Balaban J connectivity index is 1.33. The van der Waals surface area contributed by atoms with Gasteiger partial charge in [-0.05, 0) is 41.7 Å². The number of fused-ring (bicyclic) bond motifs is 2. The van der Waals surface area contributed by atoms with Crippen LogP contribution in [0.15, 0.2) is 73.4 Å². The van der Waals surface area contributed by atoms with Gasteiger partial charge in [-0.1, -0.05) is 36.4 Å². The summed E-state index contributed by atoms with van der Waals surface area (Å²) in [7, 11) is 0. The second-order valence-corrected chi connectivity index (χ2v) is 12.3. The van der Waals surface area contributed by atoms with Crippen molar-refractivity contribution in [2.45, 2.75) is 49.9 Å². The minimum atomic E-state index is -1.24. The highest BCUT2D eigenvalue weighted by Gasteiger charge is 2.31. The van der Waals surface area contributed by atoms with E-state index in [4.69, 9.17) is 5.73 Å². The predicted octanol–water partition coefficient (Wildman–Crippen LogP) is 2.02. The van der Waals surface area contributed by atoms with Gasteiger partial charge in [0.1, 0.15) is 18.1 Å². The topological polar surface area (TPSA) is 211 Å². The van der Waals surface area contributed by atoms with Crippen LogP contribution in [-0.2, 0) is 38.4 Å². The molecule has 0 bridgehead atoms. The first-order valence-electron chi connectivity index (χ1n) is 15.2. The monoisotopic (exact) mass is 658 g/mol. The number of hydrogen-bond acceptors (Lipinski definition) is 7. The second kappa shape index (κ2) is 15.5. The molecular formula is C33H38N8O5S. The quantitative estimate of drug-likeness (QED) is 0.0784. The number of carboxylic acids is 1. The normalized spacial score (nSPS) is 13.9. The van der Waals surface area contributed by atoms with E-state index in [1.807, 2.05) is 54.8 Å². The maximum atomic E-state index is 13.9. The summed E-state index contributed by atoms with van der Waals surface area (Å²) in [6.07, 6.45) is 9.02. The summed E-state index contributed by atoms with van der Waals surface area (Å²) in [6.45, 7) is 0. The van der Waals surface area contributed by atoms with Gasteiger partial charge in [0.2, 0.25) is 17.7 Å². The fraction of sp³-hybridized carbons (Fsp3) is 0.303. The number of carbonyl (C=O) groups excluding carboxylic acids is 3. The first-order valence-corrected chi connectivity index (χ1v) is 16.6. The van der Waals surface area contributed by atoms with Crippen LogP contribution in [0.4, 0.5) is 0 Å². The number of hydrogen-bond donors (Lipinski definition) is 8. The Morgan fingerprint density at radius 3 is 1.91 bits per heavy atom. The van der Waals surface area contributed by atoms with Crippen molar-refractivity contribution >= 4 is 57.3 Å². The van der Waals surface area contributed by atoms with E-state index in [9.17, 15) is 24.3 Å². The molecule has 14 heteroatoms. The van der Waals surface area contributed by atoms with Crippen LogP contribution in [0.25, 0.3) is 21.8 Å². The number of aliphatic carboxylic acids is 1. The van der Waals surface area contributed by atoms with E-state index in [1.165, 1.54) is 18.1 Å². The second-order valence-electron chi connectivity index (χ2n) is 11.3. The molecule has 2 aromatic carbocycles. The lowest BCUT2D eigenvalue weighted by Gasteiger charge is -2.25. The fourth-order valence-corrected chi connectivity index (χ4v) is 5.98. The van der Waals surface area contributed by atoms with E-state index >= 15 is 0 Å². The van der Waals surface area contributed by atoms with E-state index in [0.29, 0.717) is 11.4 Å². The van der Waals surface area contributed by atoms with Crippen molar-refractivity contribution in [3.05, 3.63) is 90.3 Å². The van der Waals surface area contributed by atoms with Gasteiger partial charge in [-0.25, -0.2) is 9.78 Å². The minimum Gasteiger partial charge on any atom is -0.480 e. The number of aromatic nitrogens is 4. The van der Waals surface area contributed by atoms with Crippen molar-refractivity contribution in [3.8, 4) is 0 Å². The van der Waals surface area contributed by atoms with Gasteiger partial charge >= 0.3 is 5.97 Å². The van der Waals surface area contributed by atoms with Gasteiger partial charge in [0, 0.05) is 65.4 Å². The standard InChI is InChI=1S/C33H38N8O5S/c1-47-11-10-27(31(43)41-29(33(45)46)13-20-16-37-26-9-5-3-7-23(20)26)39-32(44)28(12-19-15-36-25-8-4-2-6-22(19)25)40-30(42)24(34)14-21-17-35-18-38-21/h2-9,15-18,24,27-29,36-37H,10-14,34H2,1H3,(H,35,38)(H,39,44)(H,40,42)(H,41,43)(H,45,46). The third kappa shape index (κ3) is 8.40. The minimum absolute atomic E-state index is 0.0434. The average molecular weight is 659 g/mol. The number of rotatable bonds is 16. The first kappa shape index (κ1) is 33.3. The fourth-order valence-electron chi connectivity index (χ4n) is 5.50. The molecule has 3 amide bonds. The van der Waals surface area contributed by atoms with Gasteiger partial charge in [0.25, 0.3) is 0 Å². The molecule has 0 saturated carbocycles. The lowest BCUT2D eigenvalue weighted by atomic mass is 10.0. The van der Waals surface area contributed by atoms with Crippen molar-refractivity contribution in [1.29, 1.82) is 0 Å². The SMILES string of the molecule is CSCCC(NC(=O)C(Cc1c[nH]c2ccccc12)NC(=O)C(N)Cc1cnc[nH]1)C(=O)NC(Cc1c[nH]c2ccccc12)C(=O)O. The maximum absolute atomic E-state index is 13.9. The Morgan fingerprint density at radius 2 is 1.34 bits per heavy atom. The molecule has 5 rings (SSSR count). The number of thioether (sulfide) groups is 1. The Morgan fingerprint density at radius 1 is 0.787 bits per heavy atom. The molecule has 5 aromatic rings. The molecule has 246 valence electrons. The molecule has 4 atom stereocenters. The maximum Gasteiger partial charge on any atom is 0.326 e. The number of nitrogens with one attached hydrogen (secondary N) is 6. The van der Waals surface area contributed by atoms with Crippen molar-refractivity contribution < 1.29 is 24.3 Å². The smallest absolute Gasteiger partial charge is 0.326 e. The first-order chi connectivity index (χ1) is 22.7. The number of nitrogens with two attached hydrogens (primary N) is 1. The molecule has 4 unspecified atom stereocenters. The number of para-hydroxylation sites is 2. The summed E-state index contributed by atoms with van der Waals surface area (Å²) >= 11 is 1.48. The molecule has 0 aliphatic carbocycles. The van der Waals surface area contributed by atoms with Crippen LogP contribution in [0.1, 0.15) is 23.2 Å². The van der Waals surface area contributed by atoms with Crippen molar-refractivity contribution in [3.63, 3.8) is 0 Å². The third-order valence-corrected chi connectivity index (χ3v) is 8.66. The highest BCUT2D eigenvalue weighted by molar-refractivity contribution is 7.98. The van der Waals surface area contributed by atoms with Gasteiger partial charge in [-0.3, -0.25) is 14.4 Å². The Labute approximate surface area is 274 Å². The predicted molar refractivity (Wildman–Crippen MR) is 181 cm³/mol. The number of nitrogens with zero attached hydrogens (tertiary/aromatic N) is 1. The number of imidazole rings is 1. The molecule has 0 aliphatic rings. The van der Waals surface area contributed by atoms with Crippen LogP contribution in [0.5, 0.6) is 0 Å². The third-order valence-electron chi connectivity index (χ3n) is 8.02. The largest absolute Gasteiger partial charge is 0.480 e.